The van der Waals surface area contributed by atoms with Gasteiger partial charge in [-0.1, -0.05) is 35.9 Å². The van der Waals surface area contributed by atoms with E-state index in [4.69, 9.17) is 0 Å². The highest BCUT2D eigenvalue weighted by molar-refractivity contribution is 6.14. The van der Waals surface area contributed by atoms with Gasteiger partial charge in [-0.05, 0) is 36.6 Å². The van der Waals surface area contributed by atoms with Crippen molar-refractivity contribution in [1.29, 1.82) is 0 Å². The molecule has 19 heavy (non-hydrogen) atoms. The summed E-state index contributed by atoms with van der Waals surface area (Å²) in [6.07, 6.45) is 0.731. The number of aryl methyl sites for hydroxylation is 1. The fourth-order valence-electron chi connectivity index (χ4n) is 2.18. The molecule has 0 aliphatic carbocycles. The Morgan fingerprint density at radius 3 is 2.21 bits per heavy atom. The average molecular weight is 252 g/mol. The van der Waals surface area contributed by atoms with Crippen molar-refractivity contribution in [3.63, 3.8) is 0 Å². The van der Waals surface area contributed by atoms with Crippen LogP contribution in [0.15, 0.2) is 42.5 Å². The Hall–Kier alpha value is -2.42. The van der Waals surface area contributed by atoms with Crippen LogP contribution >= 0.6 is 0 Å². The second-order valence-corrected chi connectivity index (χ2v) is 4.72. The van der Waals surface area contributed by atoms with Gasteiger partial charge in [-0.3, -0.25) is 0 Å². The molecule has 1 heterocycles. The first-order chi connectivity index (χ1) is 9.13. The van der Waals surface area contributed by atoms with Gasteiger partial charge in [0.15, 0.2) is 0 Å². The van der Waals surface area contributed by atoms with Crippen LogP contribution in [0.25, 0.3) is 0 Å². The molecule has 0 fully saturated rings. The maximum atomic E-state index is 11.5. The standard InChI is InChI=1S/C16H12O3/c1-10-2-4-11(5-3-10)8-12-6-7-13-14(9-12)16(18)19-15(13)17/h2-7,9H,8H2,1H3. The van der Waals surface area contributed by atoms with Crippen LogP contribution in [0.4, 0.5) is 0 Å². The van der Waals surface area contributed by atoms with Gasteiger partial charge < -0.3 is 4.74 Å². The molecule has 0 aromatic heterocycles. The van der Waals surface area contributed by atoms with Gasteiger partial charge in [0.2, 0.25) is 0 Å². The molecule has 1 aliphatic heterocycles. The van der Waals surface area contributed by atoms with Crippen molar-refractivity contribution in [1.82, 2.24) is 0 Å². The van der Waals surface area contributed by atoms with Crippen LogP contribution < -0.4 is 0 Å². The highest BCUT2D eigenvalue weighted by Gasteiger charge is 2.29. The number of cyclic esters (lactones) is 2. The van der Waals surface area contributed by atoms with Gasteiger partial charge >= 0.3 is 11.9 Å². The molecule has 0 radical (unpaired) electrons. The average Bonchev–Trinajstić information content (AvgIpc) is 2.68. The normalized spacial score (nSPS) is 13.3. The second-order valence-electron chi connectivity index (χ2n) is 4.72. The Balaban J connectivity index is 1.91. The van der Waals surface area contributed by atoms with Crippen LogP contribution in [-0.2, 0) is 11.2 Å². The van der Waals surface area contributed by atoms with Crippen LogP contribution in [0, 0.1) is 6.92 Å². The Labute approximate surface area is 110 Å². The van der Waals surface area contributed by atoms with Crippen molar-refractivity contribution >= 4 is 11.9 Å². The van der Waals surface area contributed by atoms with Crippen LogP contribution in [0.2, 0.25) is 0 Å². The van der Waals surface area contributed by atoms with E-state index in [2.05, 4.69) is 29.0 Å². The Morgan fingerprint density at radius 1 is 0.842 bits per heavy atom. The third-order valence-electron chi connectivity index (χ3n) is 3.24. The van der Waals surface area contributed by atoms with E-state index in [1.807, 2.05) is 13.0 Å². The van der Waals surface area contributed by atoms with Gasteiger partial charge in [0.25, 0.3) is 0 Å². The fraction of sp³-hybridized carbons (Fsp3) is 0.125. The van der Waals surface area contributed by atoms with Crippen molar-refractivity contribution in [2.45, 2.75) is 13.3 Å². The summed E-state index contributed by atoms with van der Waals surface area (Å²) in [6.45, 7) is 2.04. The molecule has 0 saturated heterocycles. The lowest BCUT2D eigenvalue weighted by Gasteiger charge is -2.03. The fourth-order valence-corrected chi connectivity index (χ4v) is 2.18. The quantitative estimate of drug-likeness (QED) is 0.609. The summed E-state index contributed by atoms with van der Waals surface area (Å²) in [5, 5.41) is 0. The molecule has 2 aromatic rings. The molecule has 1 aliphatic rings. The number of esters is 2. The summed E-state index contributed by atoms with van der Waals surface area (Å²) in [7, 11) is 0. The molecule has 0 atom stereocenters. The van der Waals surface area contributed by atoms with E-state index in [0.717, 1.165) is 12.0 Å². The molecule has 0 N–H and O–H groups in total. The Kier molecular flexibility index (Phi) is 2.67. The molecule has 0 amide bonds. The van der Waals surface area contributed by atoms with E-state index in [1.54, 1.807) is 12.1 Å². The lowest BCUT2D eigenvalue weighted by Crippen LogP contribution is -1.97. The largest absolute Gasteiger partial charge is 0.386 e. The zero-order valence-corrected chi connectivity index (χ0v) is 10.5. The number of rotatable bonds is 2. The summed E-state index contributed by atoms with van der Waals surface area (Å²) in [4.78, 5) is 22.8. The van der Waals surface area contributed by atoms with Gasteiger partial charge in [0, 0.05) is 0 Å². The molecule has 2 aromatic carbocycles. The first kappa shape index (κ1) is 11.7. The van der Waals surface area contributed by atoms with E-state index >= 15 is 0 Å². The summed E-state index contributed by atoms with van der Waals surface area (Å²) in [5.41, 5.74) is 4.11. The predicted molar refractivity (Wildman–Crippen MR) is 70.2 cm³/mol. The number of carbonyl (C=O) groups is 2. The van der Waals surface area contributed by atoms with Gasteiger partial charge in [0.05, 0.1) is 11.1 Å². The molecule has 0 spiro atoms. The number of ether oxygens (including phenoxy) is 1. The smallest absolute Gasteiger partial charge is 0.346 e. The van der Waals surface area contributed by atoms with Crippen LogP contribution in [0.3, 0.4) is 0 Å². The highest BCUT2D eigenvalue weighted by Crippen LogP contribution is 2.22. The van der Waals surface area contributed by atoms with E-state index in [-0.39, 0.29) is 0 Å². The summed E-state index contributed by atoms with van der Waals surface area (Å²) >= 11 is 0. The molecule has 94 valence electrons. The van der Waals surface area contributed by atoms with Crippen LogP contribution in [-0.4, -0.2) is 11.9 Å². The number of carbonyl (C=O) groups excluding carboxylic acids is 2. The van der Waals surface area contributed by atoms with Crippen molar-refractivity contribution in [2.75, 3.05) is 0 Å². The molecule has 0 bridgehead atoms. The molecule has 0 saturated carbocycles. The van der Waals surface area contributed by atoms with Gasteiger partial charge in [-0.15, -0.1) is 0 Å². The van der Waals surface area contributed by atoms with Gasteiger partial charge in [-0.2, -0.15) is 0 Å². The molecule has 3 nitrogen and oxygen atoms in total. The molecule has 3 rings (SSSR count). The molecule has 0 unspecified atom stereocenters. The third-order valence-corrected chi connectivity index (χ3v) is 3.24. The van der Waals surface area contributed by atoms with Crippen molar-refractivity contribution in [3.05, 3.63) is 70.3 Å². The lowest BCUT2D eigenvalue weighted by atomic mass is 10.00. The first-order valence-electron chi connectivity index (χ1n) is 6.08. The number of benzene rings is 2. The highest BCUT2D eigenvalue weighted by atomic mass is 16.6. The Bertz CT molecular complexity index is 669. The predicted octanol–water partition coefficient (Wildman–Crippen LogP) is 2.90. The Morgan fingerprint density at radius 2 is 1.47 bits per heavy atom. The SMILES string of the molecule is Cc1ccc(Cc2ccc3c(c2)C(=O)OC3=O)cc1. The zero-order chi connectivity index (χ0) is 13.4. The van der Waals surface area contributed by atoms with Crippen LogP contribution in [0.1, 0.15) is 37.4 Å². The summed E-state index contributed by atoms with van der Waals surface area (Å²) < 4.78 is 4.57. The van der Waals surface area contributed by atoms with Crippen molar-refractivity contribution in [3.8, 4) is 0 Å². The zero-order valence-electron chi connectivity index (χ0n) is 10.5. The van der Waals surface area contributed by atoms with Gasteiger partial charge in [-0.25, -0.2) is 9.59 Å². The summed E-state index contributed by atoms with van der Waals surface area (Å²) in [5.74, 6) is -1.10. The van der Waals surface area contributed by atoms with Crippen molar-refractivity contribution < 1.29 is 14.3 Å². The minimum Gasteiger partial charge on any atom is -0.386 e. The first-order valence-corrected chi connectivity index (χ1v) is 6.08. The second kappa shape index (κ2) is 4.35. The minimum atomic E-state index is -0.554. The third kappa shape index (κ3) is 2.15. The number of hydrogen-bond acceptors (Lipinski definition) is 3. The maximum Gasteiger partial charge on any atom is 0.346 e. The monoisotopic (exact) mass is 252 g/mol. The van der Waals surface area contributed by atoms with Crippen molar-refractivity contribution in [2.24, 2.45) is 0 Å². The van der Waals surface area contributed by atoms with E-state index in [9.17, 15) is 9.59 Å². The van der Waals surface area contributed by atoms with E-state index in [1.165, 1.54) is 11.1 Å². The molecular formula is C16H12O3. The van der Waals surface area contributed by atoms with E-state index < -0.39 is 11.9 Å². The number of hydrogen-bond donors (Lipinski definition) is 0. The van der Waals surface area contributed by atoms with Crippen LogP contribution in [0.5, 0.6) is 0 Å². The summed E-state index contributed by atoms with van der Waals surface area (Å²) in [6, 6.07) is 13.5. The maximum absolute atomic E-state index is 11.5. The number of fused-ring (bicyclic) bond motifs is 1. The lowest BCUT2D eigenvalue weighted by molar-refractivity contribution is 0.0444. The van der Waals surface area contributed by atoms with E-state index in [0.29, 0.717) is 11.1 Å². The topological polar surface area (TPSA) is 43.4 Å². The van der Waals surface area contributed by atoms with Gasteiger partial charge in [0.1, 0.15) is 0 Å². The minimum absolute atomic E-state index is 0.359. The molecule has 3 heteroatoms. The molecular weight excluding hydrogens is 240 g/mol.